The fourth-order valence-corrected chi connectivity index (χ4v) is 1.57. The highest BCUT2D eigenvalue weighted by Gasteiger charge is 2.05. The number of hydrogen-bond donors (Lipinski definition) is 0. The molecule has 1 aromatic heterocycles. The highest BCUT2D eigenvalue weighted by molar-refractivity contribution is 6.30. The molecule has 0 radical (unpaired) electrons. The largest absolute Gasteiger partial charge is 0.496 e. The summed E-state index contributed by atoms with van der Waals surface area (Å²) < 4.78 is 5.26. The van der Waals surface area contributed by atoms with E-state index in [1.807, 2.05) is 30.3 Å². The van der Waals surface area contributed by atoms with E-state index in [9.17, 15) is 0 Å². The highest BCUT2D eigenvalue weighted by atomic mass is 35.5. The molecule has 1 aromatic carbocycles. The van der Waals surface area contributed by atoms with E-state index in [0.717, 1.165) is 17.0 Å². The van der Waals surface area contributed by atoms with Crippen LogP contribution >= 0.6 is 11.6 Å². The van der Waals surface area contributed by atoms with Gasteiger partial charge in [0.2, 0.25) is 0 Å². The SMILES string of the molecule is COc1ccccc1-c1cc(Cl)ccn1. The maximum absolute atomic E-state index is 5.91. The van der Waals surface area contributed by atoms with Crippen LogP contribution < -0.4 is 4.74 Å². The van der Waals surface area contributed by atoms with Crippen LogP contribution in [-0.4, -0.2) is 12.1 Å². The van der Waals surface area contributed by atoms with Crippen molar-refractivity contribution in [2.24, 2.45) is 0 Å². The molecule has 0 bridgehead atoms. The molecule has 0 N–H and O–H groups in total. The lowest BCUT2D eigenvalue weighted by molar-refractivity contribution is 0.416. The molecule has 2 aromatic rings. The number of para-hydroxylation sites is 1. The number of methoxy groups -OCH3 is 1. The Morgan fingerprint density at radius 1 is 1.20 bits per heavy atom. The van der Waals surface area contributed by atoms with Gasteiger partial charge in [-0.05, 0) is 24.3 Å². The van der Waals surface area contributed by atoms with Gasteiger partial charge in [-0.2, -0.15) is 0 Å². The molecular formula is C12H10ClNO. The third kappa shape index (κ3) is 2.10. The molecular weight excluding hydrogens is 210 g/mol. The van der Waals surface area contributed by atoms with Crippen molar-refractivity contribution >= 4 is 11.6 Å². The van der Waals surface area contributed by atoms with Gasteiger partial charge in [-0.3, -0.25) is 4.98 Å². The van der Waals surface area contributed by atoms with E-state index in [-0.39, 0.29) is 0 Å². The van der Waals surface area contributed by atoms with Crippen LogP contribution in [0.1, 0.15) is 0 Å². The predicted octanol–water partition coefficient (Wildman–Crippen LogP) is 3.41. The van der Waals surface area contributed by atoms with Crippen molar-refractivity contribution in [2.45, 2.75) is 0 Å². The fourth-order valence-electron chi connectivity index (χ4n) is 1.41. The minimum Gasteiger partial charge on any atom is -0.496 e. The second kappa shape index (κ2) is 4.32. The molecule has 15 heavy (non-hydrogen) atoms. The maximum Gasteiger partial charge on any atom is 0.128 e. The van der Waals surface area contributed by atoms with Gasteiger partial charge in [-0.1, -0.05) is 23.7 Å². The van der Waals surface area contributed by atoms with Crippen LogP contribution in [0, 0.1) is 0 Å². The van der Waals surface area contributed by atoms with E-state index >= 15 is 0 Å². The van der Waals surface area contributed by atoms with E-state index in [1.165, 1.54) is 0 Å². The van der Waals surface area contributed by atoms with Gasteiger partial charge >= 0.3 is 0 Å². The molecule has 0 amide bonds. The van der Waals surface area contributed by atoms with Crippen molar-refractivity contribution in [3.05, 3.63) is 47.6 Å². The van der Waals surface area contributed by atoms with E-state index in [2.05, 4.69) is 4.98 Å². The zero-order valence-electron chi connectivity index (χ0n) is 8.27. The Morgan fingerprint density at radius 2 is 2.00 bits per heavy atom. The number of pyridine rings is 1. The Bertz CT molecular complexity index is 471. The second-order valence-corrected chi connectivity index (χ2v) is 3.50. The predicted molar refractivity (Wildman–Crippen MR) is 61.2 cm³/mol. The first-order valence-corrected chi connectivity index (χ1v) is 4.94. The Morgan fingerprint density at radius 3 is 2.73 bits per heavy atom. The lowest BCUT2D eigenvalue weighted by atomic mass is 10.1. The van der Waals surface area contributed by atoms with E-state index in [4.69, 9.17) is 16.3 Å². The summed E-state index contributed by atoms with van der Waals surface area (Å²) in [6.45, 7) is 0. The van der Waals surface area contributed by atoms with Gasteiger partial charge in [0.15, 0.2) is 0 Å². The van der Waals surface area contributed by atoms with Crippen molar-refractivity contribution in [2.75, 3.05) is 7.11 Å². The topological polar surface area (TPSA) is 22.1 Å². The quantitative estimate of drug-likeness (QED) is 0.772. The smallest absolute Gasteiger partial charge is 0.128 e. The van der Waals surface area contributed by atoms with Crippen LogP contribution in [0.15, 0.2) is 42.6 Å². The lowest BCUT2D eigenvalue weighted by Crippen LogP contribution is -1.89. The van der Waals surface area contributed by atoms with Crippen LogP contribution in [0.5, 0.6) is 5.75 Å². The number of benzene rings is 1. The molecule has 0 fully saturated rings. The summed E-state index contributed by atoms with van der Waals surface area (Å²) in [5.74, 6) is 0.798. The van der Waals surface area contributed by atoms with Gasteiger partial charge in [0.1, 0.15) is 5.75 Å². The first kappa shape index (κ1) is 9.99. The zero-order chi connectivity index (χ0) is 10.7. The Kier molecular flexibility index (Phi) is 2.88. The molecule has 76 valence electrons. The lowest BCUT2D eigenvalue weighted by Gasteiger charge is -2.07. The average Bonchev–Trinajstić information content (AvgIpc) is 2.29. The molecule has 1 heterocycles. The van der Waals surface area contributed by atoms with Gasteiger partial charge in [-0.15, -0.1) is 0 Å². The zero-order valence-corrected chi connectivity index (χ0v) is 9.03. The molecule has 0 saturated carbocycles. The van der Waals surface area contributed by atoms with E-state index in [0.29, 0.717) is 5.02 Å². The summed E-state index contributed by atoms with van der Waals surface area (Å²) in [5, 5.41) is 0.672. The molecule has 2 rings (SSSR count). The summed E-state index contributed by atoms with van der Waals surface area (Å²) >= 11 is 5.91. The Balaban J connectivity index is 2.53. The molecule has 0 saturated heterocycles. The number of hydrogen-bond acceptors (Lipinski definition) is 2. The first-order valence-electron chi connectivity index (χ1n) is 4.56. The first-order chi connectivity index (χ1) is 7.31. The molecule has 0 aliphatic heterocycles. The minimum atomic E-state index is 0.672. The van der Waals surface area contributed by atoms with Crippen molar-refractivity contribution in [3.8, 4) is 17.0 Å². The van der Waals surface area contributed by atoms with Gasteiger partial charge in [-0.25, -0.2) is 0 Å². The number of halogens is 1. The highest BCUT2D eigenvalue weighted by Crippen LogP contribution is 2.28. The van der Waals surface area contributed by atoms with Crippen LogP contribution in [0.3, 0.4) is 0 Å². The van der Waals surface area contributed by atoms with E-state index in [1.54, 1.807) is 19.4 Å². The molecule has 0 aliphatic carbocycles. The second-order valence-electron chi connectivity index (χ2n) is 3.06. The van der Waals surface area contributed by atoms with Crippen molar-refractivity contribution in [1.82, 2.24) is 4.98 Å². The van der Waals surface area contributed by atoms with Gasteiger partial charge in [0.25, 0.3) is 0 Å². The van der Waals surface area contributed by atoms with Crippen LogP contribution in [0.4, 0.5) is 0 Å². The summed E-state index contributed by atoms with van der Waals surface area (Å²) in [5.41, 5.74) is 1.77. The van der Waals surface area contributed by atoms with Crippen molar-refractivity contribution in [1.29, 1.82) is 0 Å². The number of rotatable bonds is 2. The summed E-state index contributed by atoms with van der Waals surface area (Å²) in [6.07, 6.45) is 1.68. The van der Waals surface area contributed by atoms with Crippen LogP contribution in [0.2, 0.25) is 5.02 Å². The number of aromatic nitrogens is 1. The average molecular weight is 220 g/mol. The van der Waals surface area contributed by atoms with Crippen LogP contribution in [0.25, 0.3) is 11.3 Å². The number of nitrogens with zero attached hydrogens (tertiary/aromatic N) is 1. The Labute approximate surface area is 93.5 Å². The molecule has 0 atom stereocenters. The summed E-state index contributed by atoms with van der Waals surface area (Å²) in [4.78, 5) is 4.25. The minimum absolute atomic E-state index is 0.672. The molecule has 0 aliphatic rings. The van der Waals surface area contributed by atoms with Crippen LogP contribution in [-0.2, 0) is 0 Å². The molecule has 2 nitrogen and oxygen atoms in total. The van der Waals surface area contributed by atoms with E-state index < -0.39 is 0 Å². The maximum atomic E-state index is 5.91. The van der Waals surface area contributed by atoms with Crippen molar-refractivity contribution in [3.63, 3.8) is 0 Å². The third-order valence-corrected chi connectivity index (χ3v) is 2.34. The third-order valence-electron chi connectivity index (χ3n) is 2.10. The normalized spacial score (nSPS) is 10.0. The Hall–Kier alpha value is -1.54. The molecule has 3 heteroatoms. The standard InChI is InChI=1S/C12H10ClNO/c1-15-12-5-3-2-4-10(12)11-8-9(13)6-7-14-11/h2-8H,1H3. The monoisotopic (exact) mass is 219 g/mol. The summed E-state index contributed by atoms with van der Waals surface area (Å²) in [7, 11) is 1.64. The number of ether oxygens (including phenoxy) is 1. The van der Waals surface area contributed by atoms with Gasteiger partial charge in [0.05, 0.1) is 12.8 Å². The molecule has 0 unspecified atom stereocenters. The van der Waals surface area contributed by atoms with Gasteiger partial charge < -0.3 is 4.74 Å². The molecule has 0 spiro atoms. The fraction of sp³-hybridized carbons (Fsp3) is 0.0833. The van der Waals surface area contributed by atoms with Crippen molar-refractivity contribution < 1.29 is 4.74 Å². The van der Waals surface area contributed by atoms with Gasteiger partial charge in [0, 0.05) is 16.8 Å². The summed E-state index contributed by atoms with van der Waals surface area (Å²) in [6, 6.07) is 11.3.